The summed E-state index contributed by atoms with van der Waals surface area (Å²) in [7, 11) is 0. The lowest BCUT2D eigenvalue weighted by Crippen LogP contribution is -1.96. The number of benzene rings is 1. The van der Waals surface area contributed by atoms with E-state index in [1.807, 2.05) is 0 Å². The van der Waals surface area contributed by atoms with Gasteiger partial charge in [0.05, 0.1) is 10.5 Å². The summed E-state index contributed by atoms with van der Waals surface area (Å²) in [4.78, 5) is 20.1. The van der Waals surface area contributed by atoms with Crippen molar-refractivity contribution < 1.29 is 18.8 Å². The molecule has 0 aliphatic rings. The van der Waals surface area contributed by atoms with Crippen molar-refractivity contribution >= 4 is 12.0 Å². The molecule has 0 amide bonds. The average Bonchev–Trinajstić information content (AvgIpc) is 2.18. The lowest BCUT2D eigenvalue weighted by atomic mass is 10.2. The Morgan fingerprint density at radius 2 is 2.29 bits per heavy atom. The number of non-ortho nitro benzene ring substituents is 1. The van der Waals surface area contributed by atoms with Crippen molar-refractivity contribution in [1.82, 2.24) is 0 Å². The van der Waals surface area contributed by atoms with Gasteiger partial charge in [-0.1, -0.05) is 0 Å². The van der Waals surface area contributed by atoms with E-state index in [4.69, 9.17) is 0 Å². The molecule has 0 atom stereocenters. The molecule has 6 heteroatoms. The van der Waals surface area contributed by atoms with Crippen LogP contribution in [-0.4, -0.2) is 18.1 Å². The largest absolute Gasteiger partial charge is 0.462 e. The van der Waals surface area contributed by atoms with Gasteiger partial charge < -0.3 is 4.74 Å². The first-order valence-electron chi connectivity index (χ1n) is 3.61. The Morgan fingerprint density at radius 3 is 2.79 bits per heavy atom. The number of nitro benzene ring substituents is 1. The van der Waals surface area contributed by atoms with Crippen molar-refractivity contribution in [2.24, 2.45) is 0 Å². The summed E-state index contributed by atoms with van der Waals surface area (Å²) in [5, 5.41) is 10.3. The van der Waals surface area contributed by atoms with Crippen LogP contribution in [0.15, 0.2) is 18.2 Å². The topological polar surface area (TPSA) is 69.4 Å². The highest BCUT2D eigenvalue weighted by atomic mass is 19.1. The van der Waals surface area contributed by atoms with Gasteiger partial charge >= 0.3 is 0 Å². The highest BCUT2D eigenvalue weighted by Crippen LogP contribution is 2.22. The first-order valence-corrected chi connectivity index (χ1v) is 3.61. The summed E-state index contributed by atoms with van der Waals surface area (Å²) in [6, 6.07) is 3.34. The predicted molar refractivity (Wildman–Crippen MR) is 45.1 cm³/mol. The van der Waals surface area contributed by atoms with Crippen LogP contribution in [0, 0.1) is 10.1 Å². The Kier molecular flexibility index (Phi) is 3.11. The summed E-state index contributed by atoms with van der Waals surface area (Å²) in [6.45, 7) is -1.08. The van der Waals surface area contributed by atoms with Crippen LogP contribution in [0.4, 0.5) is 10.1 Å². The molecule has 0 aliphatic carbocycles. The molecule has 0 aromatic heterocycles. The van der Waals surface area contributed by atoms with E-state index in [2.05, 4.69) is 4.74 Å². The zero-order valence-electron chi connectivity index (χ0n) is 6.97. The maximum absolute atomic E-state index is 11.8. The Labute approximate surface area is 78.3 Å². The second-order valence-electron chi connectivity index (χ2n) is 2.35. The van der Waals surface area contributed by atoms with Gasteiger partial charge in [-0.2, -0.15) is 0 Å². The minimum Gasteiger partial charge on any atom is -0.462 e. The quantitative estimate of drug-likeness (QED) is 0.420. The van der Waals surface area contributed by atoms with Gasteiger partial charge in [-0.05, 0) is 6.07 Å². The van der Waals surface area contributed by atoms with E-state index in [1.165, 1.54) is 6.07 Å². The molecule has 1 aromatic carbocycles. The number of carbonyl (C=O) groups is 1. The molecule has 0 saturated heterocycles. The molecular formula is C8H6FNO4. The van der Waals surface area contributed by atoms with Crippen molar-refractivity contribution in [3.63, 3.8) is 0 Å². The fourth-order valence-corrected chi connectivity index (χ4v) is 0.932. The lowest BCUT2D eigenvalue weighted by molar-refractivity contribution is -0.384. The van der Waals surface area contributed by atoms with Crippen molar-refractivity contribution in [2.45, 2.75) is 0 Å². The van der Waals surface area contributed by atoms with Crippen LogP contribution in [0.1, 0.15) is 10.4 Å². The van der Waals surface area contributed by atoms with E-state index in [1.54, 1.807) is 0 Å². The van der Waals surface area contributed by atoms with Crippen molar-refractivity contribution in [2.75, 3.05) is 6.86 Å². The Balaban J connectivity index is 3.11. The normalized spacial score (nSPS) is 9.50. The first-order chi connectivity index (χ1) is 6.69. The van der Waals surface area contributed by atoms with Gasteiger partial charge in [-0.25, -0.2) is 4.39 Å². The van der Waals surface area contributed by atoms with Gasteiger partial charge in [-0.3, -0.25) is 14.9 Å². The monoisotopic (exact) mass is 199 g/mol. The van der Waals surface area contributed by atoms with Gasteiger partial charge in [0.1, 0.15) is 5.75 Å². The first kappa shape index (κ1) is 10.1. The molecule has 0 aliphatic heterocycles. The predicted octanol–water partition coefficient (Wildman–Crippen LogP) is 1.71. The highest BCUT2D eigenvalue weighted by Gasteiger charge is 2.10. The molecular weight excluding hydrogens is 193 g/mol. The Morgan fingerprint density at radius 1 is 1.57 bits per heavy atom. The summed E-state index contributed by atoms with van der Waals surface area (Å²) >= 11 is 0. The highest BCUT2D eigenvalue weighted by molar-refractivity contribution is 5.80. The van der Waals surface area contributed by atoms with Crippen LogP contribution >= 0.6 is 0 Å². The molecule has 1 aromatic rings. The van der Waals surface area contributed by atoms with E-state index in [9.17, 15) is 19.3 Å². The van der Waals surface area contributed by atoms with E-state index >= 15 is 0 Å². The Hall–Kier alpha value is -1.98. The minimum atomic E-state index is -1.08. The van der Waals surface area contributed by atoms with Crippen LogP contribution < -0.4 is 4.74 Å². The third kappa shape index (κ3) is 2.03. The van der Waals surface area contributed by atoms with Crippen LogP contribution in [0.25, 0.3) is 0 Å². The van der Waals surface area contributed by atoms with Crippen LogP contribution in [-0.2, 0) is 0 Å². The molecule has 0 unspecified atom stereocenters. The number of alkyl halides is 1. The maximum Gasteiger partial charge on any atom is 0.270 e. The fourth-order valence-electron chi connectivity index (χ4n) is 0.932. The fraction of sp³-hybridized carbons (Fsp3) is 0.125. The molecule has 14 heavy (non-hydrogen) atoms. The number of nitro groups is 1. The summed E-state index contributed by atoms with van der Waals surface area (Å²) in [5.41, 5.74) is -0.282. The number of halogens is 1. The molecule has 5 nitrogen and oxygen atoms in total. The number of aldehydes is 1. The Bertz CT molecular complexity index is 366. The van der Waals surface area contributed by atoms with Crippen LogP contribution in [0.3, 0.4) is 0 Å². The molecule has 74 valence electrons. The number of hydrogen-bond donors (Lipinski definition) is 0. The molecule has 0 spiro atoms. The van der Waals surface area contributed by atoms with E-state index in [0.29, 0.717) is 6.29 Å². The molecule has 0 N–H and O–H groups in total. The lowest BCUT2D eigenvalue weighted by Gasteiger charge is -2.02. The van der Waals surface area contributed by atoms with Gasteiger partial charge in [0.2, 0.25) is 6.86 Å². The zero-order chi connectivity index (χ0) is 10.6. The van der Waals surface area contributed by atoms with Crippen LogP contribution in [0.5, 0.6) is 5.75 Å². The second kappa shape index (κ2) is 4.31. The number of rotatable bonds is 4. The van der Waals surface area contributed by atoms with E-state index in [0.717, 1.165) is 12.1 Å². The third-order valence-electron chi connectivity index (χ3n) is 1.54. The van der Waals surface area contributed by atoms with Crippen molar-refractivity contribution in [1.29, 1.82) is 0 Å². The summed E-state index contributed by atoms with van der Waals surface area (Å²) in [6.07, 6.45) is 0.373. The van der Waals surface area contributed by atoms with Crippen molar-refractivity contribution in [3.8, 4) is 5.75 Å². The van der Waals surface area contributed by atoms with Gasteiger partial charge in [-0.15, -0.1) is 0 Å². The molecule has 0 fully saturated rings. The van der Waals surface area contributed by atoms with Gasteiger partial charge in [0.15, 0.2) is 6.29 Å². The molecule has 0 heterocycles. The average molecular weight is 199 g/mol. The molecule has 0 bridgehead atoms. The molecule has 0 radical (unpaired) electrons. The van der Waals surface area contributed by atoms with Crippen LogP contribution in [0.2, 0.25) is 0 Å². The maximum atomic E-state index is 11.8. The molecule has 0 saturated carbocycles. The van der Waals surface area contributed by atoms with Crippen molar-refractivity contribution in [3.05, 3.63) is 33.9 Å². The third-order valence-corrected chi connectivity index (χ3v) is 1.54. The van der Waals surface area contributed by atoms with E-state index < -0.39 is 11.8 Å². The number of carbonyl (C=O) groups excluding carboxylic acids is 1. The molecule has 1 rings (SSSR count). The number of hydrogen-bond acceptors (Lipinski definition) is 4. The number of ether oxygens (including phenoxy) is 1. The smallest absolute Gasteiger partial charge is 0.270 e. The summed E-state index contributed by atoms with van der Waals surface area (Å²) < 4.78 is 16.2. The zero-order valence-corrected chi connectivity index (χ0v) is 6.97. The minimum absolute atomic E-state index is 0.00639. The number of nitrogens with zero attached hydrogens (tertiary/aromatic N) is 1. The van der Waals surface area contributed by atoms with Gasteiger partial charge in [0, 0.05) is 12.1 Å². The standard InChI is InChI=1S/C8H6FNO4/c9-5-14-8-2-1-7(10(12)13)3-6(8)4-11/h1-4H,5H2. The second-order valence-corrected chi connectivity index (χ2v) is 2.35. The SMILES string of the molecule is O=Cc1cc([N+](=O)[O-])ccc1OCF. The van der Waals surface area contributed by atoms with Gasteiger partial charge in [0.25, 0.3) is 5.69 Å². The van der Waals surface area contributed by atoms with E-state index in [-0.39, 0.29) is 17.0 Å². The summed E-state index contributed by atoms with van der Waals surface area (Å²) in [5.74, 6) is -0.00639.